The number of fused-ring (bicyclic) bond motifs is 1. The molecule has 0 atom stereocenters. The highest BCUT2D eigenvalue weighted by Crippen LogP contribution is 2.34. The molecule has 0 saturated heterocycles. The molecular weight excluding hydrogens is 471 g/mol. The number of benzene rings is 1. The van der Waals surface area contributed by atoms with Gasteiger partial charge in [0.25, 0.3) is 11.5 Å². The molecule has 0 bridgehead atoms. The van der Waals surface area contributed by atoms with Crippen LogP contribution in [0.5, 0.6) is 0 Å². The summed E-state index contributed by atoms with van der Waals surface area (Å²) in [6.07, 6.45) is 2.26. The van der Waals surface area contributed by atoms with E-state index in [1.54, 1.807) is 31.2 Å². The number of nitrogens with one attached hydrogen (secondary N) is 2. The Bertz CT molecular complexity index is 1580. The maximum Gasteiger partial charge on any atom is 0.282 e. The van der Waals surface area contributed by atoms with Crippen LogP contribution in [-0.4, -0.2) is 35.1 Å². The first kappa shape index (κ1) is 22.7. The van der Waals surface area contributed by atoms with E-state index in [0.717, 1.165) is 11.8 Å². The molecule has 4 rings (SSSR count). The standard InChI is InChI=1S/C22H18ClFN4O4S/c1-12-5-6-15(24)13(10-12)11-28-16-7-8-17(23)26-19(16)18(14-4-3-9-25-21(14)29)20(28)22(30)27-33(2,31)32/h3-10H,11H2,1-2H3,(H,25,29)(H,27,30). The molecule has 0 aliphatic carbocycles. The van der Waals surface area contributed by atoms with Crippen molar-refractivity contribution >= 4 is 38.6 Å². The van der Waals surface area contributed by atoms with Crippen molar-refractivity contribution in [2.75, 3.05) is 6.26 Å². The quantitative estimate of drug-likeness (QED) is 0.419. The first-order valence-corrected chi connectivity index (χ1v) is 12.0. The van der Waals surface area contributed by atoms with Crippen LogP contribution in [0, 0.1) is 12.7 Å². The second-order valence-electron chi connectivity index (χ2n) is 7.52. The van der Waals surface area contributed by atoms with Gasteiger partial charge in [-0.3, -0.25) is 9.59 Å². The van der Waals surface area contributed by atoms with Gasteiger partial charge in [0.05, 0.1) is 29.4 Å². The lowest BCUT2D eigenvalue weighted by atomic mass is 10.1. The van der Waals surface area contributed by atoms with Crippen molar-refractivity contribution in [3.05, 3.63) is 86.8 Å². The van der Waals surface area contributed by atoms with Crippen LogP contribution >= 0.6 is 11.6 Å². The number of carbonyl (C=O) groups excluding carboxylic acids is 1. The first-order valence-electron chi connectivity index (χ1n) is 9.69. The van der Waals surface area contributed by atoms with Crippen molar-refractivity contribution in [2.45, 2.75) is 13.5 Å². The van der Waals surface area contributed by atoms with Crippen molar-refractivity contribution in [1.82, 2.24) is 19.3 Å². The Morgan fingerprint density at radius 2 is 2.00 bits per heavy atom. The number of hydrogen-bond acceptors (Lipinski definition) is 5. The van der Waals surface area contributed by atoms with Gasteiger partial charge in [0.15, 0.2) is 0 Å². The fourth-order valence-electron chi connectivity index (χ4n) is 3.68. The lowest BCUT2D eigenvalue weighted by Crippen LogP contribution is -2.32. The van der Waals surface area contributed by atoms with Gasteiger partial charge in [0.2, 0.25) is 10.0 Å². The Labute approximate surface area is 193 Å². The summed E-state index contributed by atoms with van der Waals surface area (Å²) >= 11 is 6.11. The average molecular weight is 489 g/mol. The highest BCUT2D eigenvalue weighted by molar-refractivity contribution is 7.89. The van der Waals surface area contributed by atoms with E-state index >= 15 is 0 Å². The number of pyridine rings is 2. The van der Waals surface area contributed by atoms with Crippen LogP contribution in [0.3, 0.4) is 0 Å². The molecule has 3 heterocycles. The summed E-state index contributed by atoms with van der Waals surface area (Å²) in [5.41, 5.74) is 1.12. The lowest BCUT2D eigenvalue weighted by Gasteiger charge is -2.13. The predicted molar refractivity (Wildman–Crippen MR) is 123 cm³/mol. The van der Waals surface area contributed by atoms with Crippen molar-refractivity contribution in [2.24, 2.45) is 0 Å². The Morgan fingerprint density at radius 1 is 1.24 bits per heavy atom. The van der Waals surface area contributed by atoms with Gasteiger partial charge < -0.3 is 9.55 Å². The van der Waals surface area contributed by atoms with Gasteiger partial charge in [-0.15, -0.1) is 0 Å². The summed E-state index contributed by atoms with van der Waals surface area (Å²) in [7, 11) is -3.95. The smallest absolute Gasteiger partial charge is 0.282 e. The summed E-state index contributed by atoms with van der Waals surface area (Å²) in [4.78, 5) is 32.7. The van der Waals surface area contributed by atoms with E-state index < -0.39 is 27.3 Å². The maximum absolute atomic E-state index is 14.6. The molecule has 4 aromatic rings. The van der Waals surface area contributed by atoms with E-state index in [0.29, 0.717) is 5.52 Å². The van der Waals surface area contributed by atoms with Crippen LogP contribution in [-0.2, 0) is 16.6 Å². The molecular formula is C22H18ClFN4O4S. The normalized spacial score (nSPS) is 11.6. The molecule has 0 fully saturated rings. The van der Waals surface area contributed by atoms with Gasteiger partial charge in [-0.1, -0.05) is 29.3 Å². The van der Waals surface area contributed by atoms with Gasteiger partial charge in [0, 0.05) is 17.3 Å². The van der Waals surface area contributed by atoms with Crippen LogP contribution in [0.15, 0.2) is 53.5 Å². The SMILES string of the molecule is Cc1ccc(F)c(Cn2c(C(=O)NS(C)(=O)=O)c(-c3ccc[nH]c3=O)c3nc(Cl)ccc32)c1. The molecule has 0 spiro atoms. The van der Waals surface area contributed by atoms with E-state index in [1.807, 2.05) is 4.72 Å². The second kappa shape index (κ2) is 8.45. The van der Waals surface area contributed by atoms with Crippen LogP contribution in [0.25, 0.3) is 22.2 Å². The zero-order chi connectivity index (χ0) is 23.9. The summed E-state index contributed by atoms with van der Waals surface area (Å²) in [6, 6.07) is 10.6. The molecule has 0 unspecified atom stereocenters. The number of aryl methyl sites for hydroxylation is 1. The number of nitrogens with zero attached hydrogens (tertiary/aromatic N) is 2. The zero-order valence-corrected chi connectivity index (χ0v) is 19.1. The largest absolute Gasteiger partial charge is 0.330 e. The van der Waals surface area contributed by atoms with Crippen LogP contribution in [0.1, 0.15) is 21.6 Å². The maximum atomic E-state index is 14.6. The molecule has 8 nitrogen and oxygen atoms in total. The number of aromatic nitrogens is 3. The number of halogens is 2. The van der Waals surface area contributed by atoms with E-state index in [2.05, 4.69) is 9.97 Å². The van der Waals surface area contributed by atoms with Gasteiger partial charge >= 0.3 is 0 Å². The third-order valence-corrected chi connectivity index (χ3v) is 5.75. The molecule has 0 saturated carbocycles. The molecule has 0 radical (unpaired) electrons. The molecule has 3 aromatic heterocycles. The van der Waals surface area contributed by atoms with E-state index in [4.69, 9.17) is 11.6 Å². The number of aromatic amines is 1. The number of amides is 1. The van der Waals surface area contributed by atoms with Crippen molar-refractivity contribution in [3.63, 3.8) is 0 Å². The molecule has 1 aromatic carbocycles. The minimum absolute atomic E-state index is 0.0828. The molecule has 0 aliphatic rings. The first-order chi connectivity index (χ1) is 15.5. The minimum Gasteiger partial charge on any atom is -0.330 e. The molecule has 1 amide bonds. The van der Waals surface area contributed by atoms with Gasteiger partial charge in [-0.25, -0.2) is 22.5 Å². The molecule has 11 heteroatoms. The highest BCUT2D eigenvalue weighted by Gasteiger charge is 2.28. The number of sulfonamides is 1. The van der Waals surface area contributed by atoms with Crippen molar-refractivity contribution in [1.29, 1.82) is 0 Å². The molecule has 2 N–H and O–H groups in total. The average Bonchev–Trinajstić information content (AvgIpc) is 3.03. The Hall–Kier alpha value is -3.50. The third-order valence-electron chi connectivity index (χ3n) is 4.98. The third kappa shape index (κ3) is 4.53. The van der Waals surface area contributed by atoms with E-state index in [-0.39, 0.29) is 39.6 Å². The van der Waals surface area contributed by atoms with Crippen molar-refractivity contribution in [3.8, 4) is 11.1 Å². The number of carbonyl (C=O) groups is 1. The summed E-state index contributed by atoms with van der Waals surface area (Å²) in [5.74, 6) is -1.49. The molecule has 33 heavy (non-hydrogen) atoms. The number of hydrogen-bond donors (Lipinski definition) is 2. The Kier molecular flexibility index (Phi) is 5.81. The zero-order valence-electron chi connectivity index (χ0n) is 17.5. The topological polar surface area (TPSA) is 114 Å². The van der Waals surface area contributed by atoms with Crippen molar-refractivity contribution < 1.29 is 17.6 Å². The van der Waals surface area contributed by atoms with Crippen LogP contribution in [0.2, 0.25) is 5.15 Å². The van der Waals surface area contributed by atoms with Gasteiger partial charge in [0.1, 0.15) is 16.7 Å². The summed E-state index contributed by atoms with van der Waals surface area (Å²) < 4.78 is 41.7. The number of H-pyrrole nitrogens is 1. The fourth-order valence-corrected chi connectivity index (χ4v) is 4.26. The van der Waals surface area contributed by atoms with E-state index in [1.165, 1.54) is 29.0 Å². The van der Waals surface area contributed by atoms with E-state index in [9.17, 15) is 22.4 Å². The van der Waals surface area contributed by atoms with Gasteiger partial charge in [-0.05, 0) is 37.3 Å². The second-order valence-corrected chi connectivity index (χ2v) is 9.66. The molecule has 0 aliphatic heterocycles. The number of rotatable bonds is 5. The van der Waals surface area contributed by atoms with Crippen LogP contribution < -0.4 is 10.3 Å². The highest BCUT2D eigenvalue weighted by atomic mass is 35.5. The predicted octanol–water partition coefficient (Wildman–Crippen LogP) is 3.23. The van der Waals surface area contributed by atoms with Gasteiger partial charge in [-0.2, -0.15) is 0 Å². The molecule has 170 valence electrons. The van der Waals surface area contributed by atoms with Crippen LogP contribution in [0.4, 0.5) is 4.39 Å². The summed E-state index contributed by atoms with van der Waals surface area (Å²) in [5, 5.41) is 0.102. The monoisotopic (exact) mass is 488 g/mol. The summed E-state index contributed by atoms with van der Waals surface area (Å²) in [6.45, 7) is 1.68. The Balaban J connectivity index is 2.10. The Morgan fingerprint density at radius 3 is 2.70 bits per heavy atom. The minimum atomic E-state index is -3.95. The lowest BCUT2D eigenvalue weighted by molar-refractivity contribution is 0.0974. The fraction of sp³-hybridized carbons (Fsp3) is 0.136.